The van der Waals surface area contributed by atoms with Gasteiger partial charge in [0.1, 0.15) is 11.3 Å². The van der Waals surface area contributed by atoms with Crippen LogP contribution in [0.25, 0.3) is 11.0 Å². The SMILES string of the molecule is COc1cc(N)cc2nccnc12. The summed E-state index contributed by atoms with van der Waals surface area (Å²) in [7, 11) is 1.59. The van der Waals surface area contributed by atoms with Gasteiger partial charge in [-0.15, -0.1) is 0 Å². The number of ether oxygens (including phenoxy) is 1. The van der Waals surface area contributed by atoms with Gasteiger partial charge in [0, 0.05) is 24.1 Å². The minimum absolute atomic E-state index is 0.629. The predicted molar refractivity (Wildman–Crippen MR) is 50.5 cm³/mol. The monoisotopic (exact) mass is 175 g/mol. The average molecular weight is 175 g/mol. The van der Waals surface area contributed by atoms with Crippen molar-refractivity contribution in [3.05, 3.63) is 24.5 Å². The molecule has 2 aromatic rings. The van der Waals surface area contributed by atoms with Crippen LogP contribution in [0.4, 0.5) is 5.69 Å². The summed E-state index contributed by atoms with van der Waals surface area (Å²) >= 11 is 0. The summed E-state index contributed by atoms with van der Waals surface area (Å²) in [5, 5.41) is 0. The lowest BCUT2D eigenvalue weighted by Crippen LogP contribution is -1.92. The summed E-state index contributed by atoms with van der Waals surface area (Å²) in [6, 6.07) is 3.50. The second-order valence-electron chi connectivity index (χ2n) is 2.65. The maximum Gasteiger partial charge on any atom is 0.148 e. The number of benzene rings is 1. The number of hydrogen-bond donors (Lipinski definition) is 1. The summed E-state index contributed by atoms with van der Waals surface area (Å²) in [5.74, 6) is 0.656. The van der Waals surface area contributed by atoms with Gasteiger partial charge >= 0.3 is 0 Å². The molecule has 4 heteroatoms. The molecule has 0 bridgehead atoms. The minimum atomic E-state index is 0.629. The van der Waals surface area contributed by atoms with E-state index in [9.17, 15) is 0 Å². The molecule has 0 aliphatic rings. The van der Waals surface area contributed by atoms with Crippen molar-refractivity contribution in [1.29, 1.82) is 0 Å². The zero-order valence-corrected chi connectivity index (χ0v) is 7.19. The van der Waals surface area contributed by atoms with Crippen molar-refractivity contribution >= 4 is 16.7 Å². The van der Waals surface area contributed by atoms with Gasteiger partial charge in [-0.1, -0.05) is 0 Å². The van der Waals surface area contributed by atoms with Crippen LogP contribution >= 0.6 is 0 Å². The molecule has 2 N–H and O–H groups in total. The van der Waals surface area contributed by atoms with Gasteiger partial charge in [0.15, 0.2) is 0 Å². The molecule has 1 aromatic heterocycles. The van der Waals surface area contributed by atoms with Crippen molar-refractivity contribution in [3.8, 4) is 5.75 Å². The smallest absolute Gasteiger partial charge is 0.148 e. The molecule has 0 radical (unpaired) electrons. The van der Waals surface area contributed by atoms with E-state index in [0.29, 0.717) is 11.4 Å². The summed E-state index contributed by atoms with van der Waals surface area (Å²) in [4.78, 5) is 8.28. The molecule has 0 saturated carbocycles. The van der Waals surface area contributed by atoms with Crippen molar-refractivity contribution < 1.29 is 4.74 Å². The third-order valence-electron chi connectivity index (χ3n) is 1.78. The van der Waals surface area contributed by atoms with Crippen LogP contribution in [0.1, 0.15) is 0 Å². The molecule has 4 nitrogen and oxygen atoms in total. The number of hydrogen-bond acceptors (Lipinski definition) is 4. The molecule has 2 rings (SSSR count). The number of nitrogen functional groups attached to an aromatic ring is 1. The largest absolute Gasteiger partial charge is 0.494 e. The molecule has 0 aliphatic heterocycles. The molecule has 0 spiro atoms. The number of nitrogens with zero attached hydrogens (tertiary/aromatic N) is 2. The highest BCUT2D eigenvalue weighted by Crippen LogP contribution is 2.24. The van der Waals surface area contributed by atoms with Crippen LogP contribution in [0.2, 0.25) is 0 Å². The standard InChI is InChI=1S/C9H9N3O/c1-13-8-5-6(10)4-7-9(8)12-3-2-11-7/h2-5H,10H2,1H3. The van der Waals surface area contributed by atoms with Crippen LogP contribution in [0, 0.1) is 0 Å². The first-order valence-corrected chi connectivity index (χ1v) is 3.85. The Hall–Kier alpha value is -1.84. The van der Waals surface area contributed by atoms with Gasteiger partial charge in [-0.2, -0.15) is 0 Å². The lowest BCUT2D eigenvalue weighted by molar-refractivity contribution is 0.419. The fourth-order valence-corrected chi connectivity index (χ4v) is 1.22. The van der Waals surface area contributed by atoms with Gasteiger partial charge in [-0.05, 0) is 6.07 Å². The number of fused-ring (bicyclic) bond motifs is 1. The van der Waals surface area contributed by atoms with E-state index in [-0.39, 0.29) is 0 Å². The maximum absolute atomic E-state index is 5.65. The van der Waals surface area contributed by atoms with Gasteiger partial charge < -0.3 is 10.5 Å². The van der Waals surface area contributed by atoms with E-state index < -0.39 is 0 Å². The number of anilines is 1. The van der Waals surface area contributed by atoms with Gasteiger partial charge in [0.2, 0.25) is 0 Å². The topological polar surface area (TPSA) is 61.0 Å². The molecular weight excluding hydrogens is 166 g/mol. The Morgan fingerprint density at radius 1 is 1.23 bits per heavy atom. The summed E-state index contributed by atoms with van der Waals surface area (Å²) in [5.41, 5.74) is 7.77. The average Bonchev–Trinajstić information content (AvgIpc) is 2.16. The van der Waals surface area contributed by atoms with Crippen LogP contribution < -0.4 is 10.5 Å². The van der Waals surface area contributed by atoms with E-state index in [1.165, 1.54) is 0 Å². The van der Waals surface area contributed by atoms with Crippen LogP contribution in [0.3, 0.4) is 0 Å². The second-order valence-corrected chi connectivity index (χ2v) is 2.65. The van der Waals surface area contributed by atoms with E-state index in [2.05, 4.69) is 9.97 Å². The highest BCUT2D eigenvalue weighted by atomic mass is 16.5. The maximum atomic E-state index is 5.65. The number of methoxy groups -OCH3 is 1. The van der Waals surface area contributed by atoms with E-state index in [1.54, 1.807) is 31.6 Å². The molecule has 0 amide bonds. The van der Waals surface area contributed by atoms with E-state index >= 15 is 0 Å². The molecule has 0 saturated heterocycles. The highest BCUT2D eigenvalue weighted by Gasteiger charge is 2.03. The molecule has 66 valence electrons. The zero-order valence-electron chi connectivity index (χ0n) is 7.19. The van der Waals surface area contributed by atoms with Crippen LogP contribution in [-0.4, -0.2) is 17.1 Å². The summed E-state index contributed by atoms with van der Waals surface area (Å²) in [6.45, 7) is 0. The molecule has 13 heavy (non-hydrogen) atoms. The Bertz CT molecular complexity index is 442. The van der Waals surface area contributed by atoms with Gasteiger partial charge in [0.05, 0.1) is 12.6 Å². The third kappa shape index (κ3) is 1.26. The zero-order chi connectivity index (χ0) is 9.26. The van der Waals surface area contributed by atoms with Gasteiger partial charge in [0.25, 0.3) is 0 Å². The van der Waals surface area contributed by atoms with Gasteiger partial charge in [-0.3, -0.25) is 4.98 Å². The number of rotatable bonds is 1. The van der Waals surface area contributed by atoms with Crippen LogP contribution in [-0.2, 0) is 0 Å². The molecule has 1 heterocycles. The highest BCUT2D eigenvalue weighted by molar-refractivity contribution is 5.84. The Morgan fingerprint density at radius 2 is 2.00 bits per heavy atom. The second kappa shape index (κ2) is 2.90. The van der Waals surface area contributed by atoms with Crippen molar-refractivity contribution in [2.75, 3.05) is 12.8 Å². The Labute approximate surface area is 75.4 Å². The van der Waals surface area contributed by atoms with Crippen molar-refractivity contribution in [2.45, 2.75) is 0 Å². The quantitative estimate of drug-likeness (QED) is 0.662. The fourth-order valence-electron chi connectivity index (χ4n) is 1.22. The summed E-state index contributed by atoms with van der Waals surface area (Å²) in [6.07, 6.45) is 3.25. The number of nitrogens with two attached hydrogens (primary N) is 1. The van der Waals surface area contributed by atoms with Gasteiger partial charge in [-0.25, -0.2) is 4.98 Å². The first-order valence-electron chi connectivity index (χ1n) is 3.85. The van der Waals surface area contributed by atoms with Crippen LogP contribution in [0.15, 0.2) is 24.5 Å². The van der Waals surface area contributed by atoms with Crippen molar-refractivity contribution in [3.63, 3.8) is 0 Å². The van der Waals surface area contributed by atoms with Crippen molar-refractivity contribution in [1.82, 2.24) is 9.97 Å². The van der Waals surface area contributed by atoms with E-state index in [1.807, 2.05) is 0 Å². The molecule has 1 aromatic carbocycles. The number of aromatic nitrogens is 2. The van der Waals surface area contributed by atoms with Crippen LogP contribution in [0.5, 0.6) is 5.75 Å². The Morgan fingerprint density at radius 3 is 2.77 bits per heavy atom. The fraction of sp³-hybridized carbons (Fsp3) is 0.111. The lowest BCUT2D eigenvalue weighted by Gasteiger charge is -2.04. The normalized spacial score (nSPS) is 10.2. The first kappa shape index (κ1) is 7.79. The molecule has 0 unspecified atom stereocenters. The first-order chi connectivity index (χ1) is 6.31. The Kier molecular flexibility index (Phi) is 1.73. The predicted octanol–water partition coefficient (Wildman–Crippen LogP) is 1.22. The third-order valence-corrected chi connectivity index (χ3v) is 1.78. The lowest BCUT2D eigenvalue weighted by atomic mass is 10.2. The van der Waals surface area contributed by atoms with Crippen molar-refractivity contribution in [2.24, 2.45) is 0 Å². The summed E-state index contributed by atoms with van der Waals surface area (Å²) < 4.78 is 5.13. The molecule has 0 aliphatic carbocycles. The Balaban J connectivity index is 2.81. The van der Waals surface area contributed by atoms with E-state index in [0.717, 1.165) is 11.0 Å². The minimum Gasteiger partial charge on any atom is -0.494 e. The molecule has 0 fully saturated rings. The molecule has 0 atom stereocenters. The molecular formula is C9H9N3O. The van der Waals surface area contributed by atoms with E-state index in [4.69, 9.17) is 10.5 Å².